The van der Waals surface area contributed by atoms with Crippen LogP contribution in [0.4, 0.5) is 18.3 Å². The van der Waals surface area contributed by atoms with Crippen LogP contribution in [0.3, 0.4) is 0 Å². The zero-order valence-corrected chi connectivity index (χ0v) is 20.3. The van der Waals surface area contributed by atoms with Crippen LogP contribution in [0.2, 0.25) is 10.0 Å². The van der Waals surface area contributed by atoms with Crippen molar-refractivity contribution in [3.8, 4) is 0 Å². The van der Waals surface area contributed by atoms with Crippen molar-refractivity contribution >= 4 is 49.5 Å². The predicted molar refractivity (Wildman–Crippen MR) is 125 cm³/mol. The number of hydrogen-bond donors (Lipinski definition) is 0. The molecule has 176 valence electrons. The molecule has 0 N–H and O–H groups in total. The van der Waals surface area contributed by atoms with Gasteiger partial charge in [-0.25, -0.2) is 13.4 Å². The summed E-state index contributed by atoms with van der Waals surface area (Å²) in [4.78, 5) is 5.96. The Morgan fingerprint density at radius 1 is 1.09 bits per heavy atom. The van der Waals surface area contributed by atoms with Crippen molar-refractivity contribution < 1.29 is 21.6 Å². The fraction of sp³-hybridized carbons (Fsp3) is 0.318. The lowest BCUT2D eigenvalue weighted by Crippen LogP contribution is -2.39. The van der Waals surface area contributed by atoms with Gasteiger partial charge < -0.3 is 4.90 Å². The summed E-state index contributed by atoms with van der Waals surface area (Å²) >= 11 is 13.6. The molecule has 0 spiro atoms. The Bertz CT molecular complexity index is 1250. The Hall–Kier alpha value is -1.81. The first kappa shape index (κ1) is 24.3. The molecule has 11 heteroatoms. The fourth-order valence-corrected chi connectivity index (χ4v) is 7.17. The van der Waals surface area contributed by atoms with Crippen LogP contribution in [0.1, 0.15) is 29.7 Å². The van der Waals surface area contributed by atoms with Gasteiger partial charge in [0.05, 0.1) is 21.4 Å². The maximum atomic E-state index is 13.3. The maximum absolute atomic E-state index is 13.3. The Labute approximate surface area is 203 Å². The van der Waals surface area contributed by atoms with Gasteiger partial charge in [0.25, 0.3) is 0 Å². The molecule has 0 amide bonds. The number of hydrogen-bond acceptors (Lipinski definition) is 5. The Morgan fingerprint density at radius 3 is 2.45 bits per heavy atom. The highest BCUT2D eigenvalue weighted by molar-refractivity contribution is 7.92. The SMILES string of the molecule is O=S(=O)(c1ccccc1C(F)(F)F)C1CCN(c2nc(Cc3ccc(Cl)cc3Cl)cs2)CC1. The molecule has 2 heterocycles. The normalized spacial score (nSPS) is 15.7. The summed E-state index contributed by atoms with van der Waals surface area (Å²) in [7, 11) is -4.11. The molecule has 1 aromatic heterocycles. The van der Waals surface area contributed by atoms with Crippen LogP contribution in [-0.4, -0.2) is 31.7 Å². The first-order valence-corrected chi connectivity index (χ1v) is 13.3. The summed E-state index contributed by atoms with van der Waals surface area (Å²) < 4.78 is 66.0. The highest BCUT2D eigenvalue weighted by atomic mass is 35.5. The van der Waals surface area contributed by atoms with Gasteiger partial charge in [0.2, 0.25) is 0 Å². The number of rotatable bonds is 5. The average Bonchev–Trinajstić information content (AvgIpc) is 3.24. The second kappa shape index (κ2) is 9.44. The topological polar surface area (TPSA) is 50.3 Å². The molecule has 1 fully saturated rings. The number of nitrogens with zero attached hydrogens (tertiary/aromatic N) is 2. The van der Waals surface area contributed by atoms with Gasteiger partial charge in [-0.15, -0.1) is 11.3 Å². The standard InChI is InChI=1S/C22H19Cl2F3N2O2S2/c23-15-6-5-14(19(24)12-15)11-16-13-32-21(28-16)29-9-7-17(8-10-29)33(30,31)20-4-2-1-3-18(20)22(25,26)27/h1-6,12-13,17H,7-11H2. The quantitative estimate of drug-likeness (QED) is 0.374. The number of alkyl halides is 3. The fourth-order valence-electron chi connectivity index (χ4n) is 3.87. The lowest BCUT2D eigenvalue weighted by molar-refractivity contribution is -0.139. The minimum Gasteiger partial charge on any atom is -0.348 e. The minimum absolute atomic E-state index is 0.229. The maximum Gasteiger partial charge on any atom is 0.417 e. The number of thiazole rings is 1. The van der Waals surface area contributed by atoms with Crippen LogP contribution in [0.15, 0.2) is 52.7 Å². The van der Waals surface area contributed by atoms with E-state index in [2.05, 4.69) is 4.98 Å². The molecular weight excluding hydrogens is 516 g/mol. The Balaban J connectivity index is 1.45. The molecule has 4 nitrogen and oxygen atoms in total. The van der Waals surface area contributed by atoms with E-state index >= 15 is 0 Å². The minimum atomic E-state index is -4.73. The summed E-state index contributed by atoms with van der Waals surface area (Å²) in [5, 5.41) is 2.91. The summed E-state index contributed by atoms with van der Waals surface area (Å²) in [6.45, 7) is 0.791. The van der Waals surface area contributed by atoms with E-state index in [0.717, 1.165) is 28.5 Å². The van der Waals surface area contributed by atoms with E-state index in [1.165, 1.54) is 23.5 Å². The van der Waals surface area contributed by atoms with E-state index in [-0.39, 0.29) is 12.8 Å². The second-order valence-electron chi connectivity index (χ2n) is 7.76. The number of benzene rings is 2. The van der Waals surface area contributed by atoms with E-state index in [1.54, 1.807) is 12.1 Å². The third-order valence-corrected chi connectivity index (χ3v) is 9.43. The second-order valence-corrected chi connectivity index (χ2v) is 11.6. The zero-order chi connectivity index (χ0) is 23.8. The summed E-state index contributed by atoms with van der Waals surface area (Å²) in [6.07, 6.45) is -3.74. The van der Waals surface area contributed by atoms with E-state index in [1.807, 2.05) is 16.3 Å². The molecule has 4 rings (SSSR count). The molecule has 1 saturated heterocycles. The lowest BCUT2D eigenvalue weighted by atomic mass is 10.1. The van der Waals surface area contributed by atoms with Crippen LogP contribution < -0.4 is 4.90 Å². The zero-order valence-electron chi connectivity index (χ0n) is 17.1. The number of halogens is 5. The lowest BCUT2D eigenvalue weighted by Gasteiger charge is -2.31. The van der Waals surface area contributed by atoms with Gasteiger partial charge in [-0.3, -0.25) is 0 Å². The summed E-state index contributed by atoms with van der Waals surface area (Å²) in [6, 6.07) is 9.65. The first-order valence-electron chi connectivity index (χ1n) is 10.1. The van der Waals surface area contributed by atoms with Crippen LogP contribution in [-0.2, 0) is 22.4 Å². The smallest absolute Gasteiger partial charge is 0.348 e. The van der Waals surface area contributed by atoms with Gasteiger partial charge in [0, 0.05) is 34.9 Å². The third-order valence-electron chi connectivity index (χ3n) is 5.58. The van der Waals surface area contributed by atoms with Crippen LogP contribution in [0.25, 0.3) is 0 Å². The largest absolute Gasteiger partial charge is 0.417 e. The number of piperidine rings is 1. The van der Waals surface area contributed by atoms with Gasteiger partial charge in [0.15, 0.2) is 15.0 Å². The van der Waals surface area contributed by atoms with Gasteiger partial charge in [-0.1, -0.05) is 41.4 Å². The van der Waals surface area contributed by atoms with Crippen molar-refractivity contribution in [3.63, 3.8) is 0 Å². The van der Waals surface area contributed by atoms with Gasteiger partial charge in [0.1, 0.15) is 0 Å². The summed E-state index contributed by atoms with van der Waals surface area (Å²) in [5.74, 6) is 0. The van der Waals surface area contributed by atoms with Crippen molar-refractivity contribution in [2.75, 3.05) is 18.0 Å². The van der Waals surface area contributed by atoms with Crippen LogP contribution in [0.5, 0.6) is 0 Å². The molecule has 1 aliphatic rings. The molecule has 0 radical (unpaired) electrons. The molecule has 0 aliphatic carbocycles. The van der Waals surface area contributed by atoms with Gasteiger partial charge in [-0.2, -0.15) is 13.2 Å². The molecular formula is C22H19Cl2F3N2O2S2. The Kier molecular flexibility index (Phi) is 6.96. The van der Waals surface area contributed by atoms with E-state index < -0.39 is 31.7 Å². The number of aromatic nitrogens is 1. The molecule has 33 heavy (non-hydrogen) atoms. The third kappa shape index (κ3) is 5.31. The Morgan fingerprint density at radius 2 is 1.79 bits per heavy atom. The van der Waals surface area contributed by atoms with Crippen molar-refractivity contribution in [2.45, 2.75) is 35.6 Å². The van der Waals surface area contributed by atoms with Crippen molar-refractivity contribution in [1.82, 2.24) is 4.98 Å². The van der Waals surface area contributed by atoms with E-state index in [4.69, 9.17) is 23.2 Å². The van der Waals surface area contributed by atoms with Crippen LogP contribution >= 0.6 is 34.5 Å². The van der Waals surface area contributed by atoms with E-state index in [0.29, 0.717) is 29.6 Å². The number of anilines is 1. The van der Waals surface area contributed by atoms with Crippen molar-refractivity contribution in [3.05, 3.63) is 74.7 Å². The van der Waals surface area contributed by atoms with Crippen LogP contribution in [0, 0.1) is 0 Å². The average molecular weight is 535 g/mol. The summed E-state index contributed by atoms with van der Waals surface area (Å²) in [5.41, 5.74) is 0.608. The first-order chi connectivity index (χ1) is 15.6. The van der Waals surface area contributed by atoms with Gasteiger partial charge in [-0.05, 0) is 42.7 Å². The number of sulfone groups is 1. The van der Waals surface area contributed by atoms with E-state index in [9.17, 15) is 21.6 Å². The van der Waals surface area contributed by atoms with Crippen molar-refractivity contribution in [2.24, 2.45) is 0 Å². The molecule has 0 unspecified atom stereocenters. The van der Waals surface area contributed by atoms with Gasteiger partial charge >= 0.3 is 6.18 Å². The molecule has 2 aromatic carbocycles. The van der Waals surface area contributed by atoms with Crippen molar-refractivity contribution in [1.29, 1.82) is 0 Å². The molecule has 3 aromatic rings. The molecule has 0 bridgehead atoms. The predicted octanol–water partition coefficient (Wildman–Crippen LogP) is 6.50. The monoisotopic (exact) mass is 534 g/mol. The molecule has 0 saturated carbocycles. The highest BCUT2D eigenvalue weighted by Crippen LogP contribution is 2.37. The molecule has 1 aliphatic heterocycles. The highest BCUT2D eigenvalue weighted by Gasteiger charge is 2.40. The molecule has 0 atom stereocenters.